The van der Waals surface area contributed by atoms with Crippen molar-refractivity contribution in [1.82, 2.24) is 29.7 Å². The second-order valence-electron chi connectivity index (χ2n) is 4.39. The van der Waals surface area contributed by atoms with Crippen molar-refractivity contribution in [3.63, 3.8) is 0 Å². The Morgan fingerprint density at radius 2 is 2.00 bits per heavy atom. The number of nitrogens with zero attached hydrogens (tertiary/aromatic N) is 6. The Bertz CT molecular complexity index is 750. The van der Waals surface area contributed by atoms with Gasteiger partial charge in [0.1, 0.15) is 18.5 Å². The minimum absolute atomic E-state index is 0.309. The van der Waals surface area contributed by atoms with E-state index >= 15 is 0 Å². The molecule has 3 rings (SSSR count). The van der Waals surface area contributed by atoms with Crippen molar-refractivity contribution >= 4 is 5.95 Å². The van der Waals surface area contributed by atoms with Gasteiger partial charge in [0.25, 0.3) is 5.95 Å². The minimum atomic E-state index is -0.335. The zero-order valence-electron chi connectivity index (χ0n) is 11.4. The van der Waals surface area contributed by atoms with Crippen LogP contribution in [0.15, 0.2) is 30.9 Å². The van der Waals surface area contributed by atoms with Crippen molar-refractivity contribution in [2.45, 2.75) is 6.92 Å². The summed E-state index contributed by atoms with van der Waals surface area (Å²) < 4.78 is 15.0. The van der Waals surface area contributed by atoms with Crippen LogP contribution in [0.2, 0.25) is 0 Å². The number of hydrogen-bond acceptors (Lipinski definition) is 6. The number of aromatic nitrogens is 6. The van der Waals surface area contributed by atoms with Gasteiger partial charge in [-0.2, -0.15) is 24.7 Å². The Balaban J connectivity index is 2.15. The number of aryl methyl sites for hydroxylation is 1. The highest BCUT2D eigenvalue weighted by Gasteiger charge is 2.11. The van der Waals surface area contributed by atoms with Gasteiger partial charge < -0.3 is 5.32 Å². The molecule has 0 fully saturated rings. The van der Waals surface area contributed by atoms with Gasteiger partial charge in [-0.1, -0.05) is 0 Å². The summed E-state index contributed by atoms with van der Waals surface area (Å²) in [6.07, 6.45) is 2.87. The maximum Gasteiger partial charge on any atom is 0.257 e. The molecule has 3 aromatic rings. The predicted octanol–water partition coefficient (Wildman–Crippen LogP) is 1.61. The molecule has 0 bridgehead atoms. The fraction of sp³-hybridized carbons (Fsp3) is 0.154. The third-order valence-corrected chi connectivity index (χ3v) is 2.77. The van der Waals surface area contributed by atoms with Crippen LogP contribution in [-0.2, 0) is 0 Å². The third-order valence-electron chi connectivity index (χ3n) is 2.77. The molecule has 2 heterocycles. The van der Waals surface area contributed by atoms with E-state index in [4.69, 9.17) is 0 Å². The van der Waals surface area contributed by atoms with Gasteiger partial charge in [-0.25, -0.2) is 9.37 Å². The molecule has 0 spiro atoms. The van der Waals surface area contributed by atoms with Gasteiger partial charge in [-0.05, 0) is 30.7 Å². The maximum atomic E-state index is 13.6. The lowest BCUT2D eigenvalue weighted by molar-refractivity contribution is 0.627. The highest BCUT2D eigenvalue weighted by Crippen LogP contribution is 2.20. The van der Waals surface area contributed by atoms with Crippen molar-refractivity contribution in [2.75, 3.05) is 12.4 Å². The summed E-state index contributed by atoms with van der Waals surface area (Å²) in [6.45, 7) is 1.81. The first-order valence-corrected chi connectivity index (χ1v) is 6.22. The summed E-state index contributed by atoms with van der Waals surface area (Å²) in [5.41, 5.74) is 1.37. The Morgan fingerprint density at radius 3 is 2.67 bits per heavy atom. The maximum absolute atomic E-state index is 13.6. The summed E-state index contributed by atoms with van der Waals surface area (Å²) >= 11 is 0. The largest absolute Gasteiger partial charge is 0.357 e. The van der Waals surface area contributed by atoms with E-state index in [1.165, 1.54) is 29.5 Å². The SMILES string of the molecule is CNc1nc(-c2cc(C)cc(F)c2)nc(-n2cncn2)n1. The Kier molecular flexibility index (Phi) is 3.27. The van der Waals surface area contributed by atoms with Gasteiger partial charge in [0.2, 0.25) is 5.95 Å². The first-order chi connectivity index (χ1) is 10.2. The first kappa shape index (κ1) is 13.1. The molecule has 0 saturated carbocycles. The monoisotopic (exact) mass is 285 g/mol. The molecule has 0 radical (unpaired) electrons. The molecule has 1 aromatic carbocycles. The molecule has 7 nitrogen and oxygen atoms in total. The van der Waals surface area contributed by atoms with Crippen molar-refractivity contribution in [1.29, 1.82) is 0 Å². The van der Waals surface area contributed by atoms with Crippen LogP contribution < -0.4 is 5.32 Å². The number of halogens is 1. The smallest absolute Gasteiger partial charge is 0.257 e. The molecule has 0 atom stereocenters. The third kappa shape index (κ3) is 2.69. The standard InChI is InChI=1S/C13H12FN7/c1-8-3-9(5-10(14)4-8)11-18-12(15-2)20-13(19-11)21-7-16-6-17-21/h3-7H,1-2H3,(H,15,18,19,20). The minimum Gasteiger partial charge on any atom is -0.357 e. The zero-order chi connectivity index (χ0) is 14.8. The lowest BCUT2D eigenvalue weighted by Gasteiger charge is -2.07. The summed E-state index contributed by atoms with van der Waals surface area (Å²) in [4.78, 5) is 16.6. The molecular formula is C13H12FN7. The molecule has 0 unspecified atom stereocenters. The van der Waals surface area contributed by atoms with Crippen LogP contribution in [0.25, 0.3) is 17.3 Å². The van der Waals surface area contributed by atoms with Crippen molar-refractivity contribution in [2.24, 2.45) is 0 Å². The lowest BCUT2D eigenvalue weighted by atomic mass is 10.1. The molecule has 0 amide bonds. The zero-order valence-corrected chi connectivity index (χ0v) is 11.4. The molecule has 8 heteroatoms. The van der Waals surface area contributed by atoms with E-state index in [-0.39, 0.29) is 5.82 Å². The van der Waals surface area contributed by atoms with Gasteiger partial charge in [0.15, 0.2) is 5.82 Å². The van der Waals surface area contributed by atoms with Gasteiger partial charge >= 0.3 is 0 Å². The number of rotatable bonds is 3. The average Bonchev–Trinajstić information content (AvgIpc) is 3.00. The molecule has 1 N–H and O–H groups in total. The molecule has 0 aliphatic carbocycles. The van der Waals surface area contributed by atoms with Crippen molar-refractivity contribution < 1.29 is 4.39 Å². The van der Waals surface area contributed by atoms with Gasteiger partial charge in [0, 0.05) is 12.6 Å². The molecule has 106 valence electrons. The van der Waals surface area contributed by atoms with Gasteiger partial charge in [-0.3, -0.25) is 0 Å². The van der Waals surface area contributed by atoms with E-state index < -0.39 is 0 Å². The predicted molar refractivity (Wildman–Crippen MR) is 74.4 cm³/mol. The second-order valence-corrected chi connectivity index (χ2v) is 4.39. The summed E-state index contributed by atoms with van der Waals surface area (Å²) in [7, 11) is 1.70. The number of hydrogen-bond donors (Lipinski definition) is 1. The van der Waals surface area contributed by atoms with Crippen LogP contribution >= 0.6 is 0 Å². The average molecular weight is 285 g/mol. The highest BCUT2D eigenvalue weighted by molar-refractivity contribution is 5.58. The lowest BCUT2D eigenvalue weighted by Crippen LogP contribution is -2.08. The number of nitrogens with one attached hydrogen (secondary N) is 1. The normalized spacial score (nSPS) is 10.6. The van der Waals surface area contributed by atoms with E-state index in [9.17, 15) is 4.39 Å². The number of anilines is 1. The Morgan fingerprint density at radius 1 is 1.14 bits per heavy atom. The highest BCUT2D eigenvalue weighted by atomic mass is 19.1. The second kappa shape index (κ2) is 5.23. The van der Waals surface area contributed by atoms with E-state index in [2.05, 4.69) is 30.4 Å². The number of benzene rings is 1. The quantitative estimate of drug-likeness (QED) is 0.787. The van der Waals surface area contributed by atoms with Crippen LogP contribution in [0.4, 0.5) is 10.3 Å². The molecule has 0 aliphatic rings. The van der Waals surface area contributed by atoms with E-state index in [0.29, 0.717) is 23.3 Å². The molecule has 0 saturated heterocycles. The topological polar surface area (TPSA) is 81.4 Å². The molecular weight excluding hydrogens is 273 g/mol. The van der Waals surface area contributed by atoms with Crippen molar-refractivity contribution in [3.8, 4) is 17.3 Å². The Hall–Kier alpha value is -2.90. The van der Waals surface area contributed by atoms with E-state index in [1.54, 1.807) is 7.05 Å². The van der Waals surface area contributed by atoms with Crippen LogP contribution in [-0.4, -0.2) is 36.8 Å². The van der Waals surface area contributed by atoms with E-state index in [1.807, 2.05) is 13.0 Å². The molecule has 2 aromatic heterocycles. The van der Waals surface area contributed by atoms with Crippen molar-refractivity contribution in [3.05, 3.63) is 42.2 Å². The van der Waals surface area contributed by atoms with Crippen LogP contribution in [0, 0.1) is 12.7 Å². The summed E-state index contributed by atoms with van der Waals surface area (Å²) in [5, 5.41) is 6.83. The fourth-order valence-electron chi connectivity index (χ4n) is 1.89. The first-order valence-electron chi connectivity index (χ1n) is 6.22. The Labute approximate surface area is 119 Å². The summed E-state index contributed by atoms with van der Waals surface area (Å²) in [6, 6.07) is 4.64. The van der Waals surface area contributed by atoms with Crippen LogP contribution in [0.3, 0.4) is 0 Å². The fourth-order valence-corrected chi connectivity index (χ4v) is 1.89. The van der Waals surface area contributed by atoms with Gasteiger partial charge in [0.05, 0.1) is 0 Å². The molecule has 21 heavy (non-hydrogen) atoms. The molecule has 0 aliphatic heterocycles. The summed E-state index contributed by atoms with van der Waals surface area (Å²) in [5.74, 6) is 0.706. The van der Waals surface area contributed by atoms with Crippen LogP contribution in [0.1, 0.15) is 5.56 Å². The van der Waals surface area contributed by atoms with Crippen LogP contribution in [0.5, 0.6) is 0 Å². The van der Waals surface area contributed by atoms with E-state index in [0.717, 1.165) is 5.56 Å². The van der Waals surface area contributed by atoms with Gasteiger partial charge in [-0.15, -0.1) is 0 Å².